The van der Waals surface area contributed by atoms with E-state index in [0.29, 0.717) is 11.7 Å². The molecule has 0 aliphatic carbocycles. The molecule has 0 spiro atoms. The van der Waals surface area contributed by atoms with Crippen LogP contribution in [0.5, 0.6) is 0 Å². The Morgan fingerprint density at radius 2 is 2.10 bits per heavy atom. The maximum atomic E-state index is 11.0. The van der Waals surface area contributed by atoms with E-state index in [1.807, 2.05) is 19.9 Å². The number of hydrogen-bond donors (Lipinski definition) is 1. The molecule has 6 nitrogen and oxygen atoms in total. The van der Waals surface area contributed by atoms with Gasteiger partial charge in [0.1, 0.15) is 12.1 Å². The molecule has 0 fully saturated rings. The van der Waals surface area contributed by atoms with Gasteiger partial charge in [0.05, 0.1) is 5.69 Å². The number of carboxylic acid groups (broad SMARTS) is 1. The molecule has 0 atom stereocenters. The molecule has 6 heteroatoms. The zero-order chi connectivity index (χ0) is 14.9. The Morgan fingerprint density at radius 1 is 1.40 bits per heavy atom. The van der Waals surface area contributed by atoms with Crippen LogP contribution in [-0.2, 0) is 4.79 Å². The summed E-state index contributed by atoms with van der Waals surface area (Å²) in [5, 5.41) is 13.6. The topological polar surface area (TPSA) is 70.7 Å². The maximum absolute atomic E-state index is 11.0. The Hall–Kier alpha value is -2.11. The second kappa shape index (κ2) is 5.48. The third kappa shape index (κ3) is 2.74. The number of rotatable bonds is 5. The Kier molecular flexibility index (Phi) is 3.92. The van der Waals surface area contributed by atoms with E-state index in [2.05, 4.69) is 23.9 Å². The van der Waals surface area contributed by atoms with Gasteiger partial charge in [-0.3, -0.25) is 4.79 Å². The lowest BCUT2D eigenvalue weighted by Crippen LogP contribution is -2.36. The van der Waals surface area contributed by atoms with Gasteiger partial charge in [-0.15, -0.1) is 0 Å². The molecule has 0 saturated heterocycles. The van der Waals surface area contributed by atoms with Crippen molar-refractivity contribution >= 4 is 17.3 Å². The van der Waals surface area contributed by atoms with Crippen LogP contribution in [0.2, 0.25) is 0 Å². The van der Waals surface area contributed by atoms with Crippen LogP contribution in [-0.4, -0.2) is 38.3 Å². The average Bonchev–Trinajstić information content (AvgIpc) is 2.79. The van der Waals surface area contributed by atoms with Crippen LogP contribution >= 0.6 is 0 Å². The Bertz CT molecular complexity index is 619. The van der Waals surface area contributed by atoms with Crippen molar-refractivity contribution in [2.75, 3.05) is 11.4 Å². The third-order valence-electron chi connectivity index (χ3n) is 3.18. The predicted octanol–water partition coefficient (Wildman–Crippen LogP) is 2.15. The molecule has 0 unspecified atom stereocenters. The number of fused-ring (bicyclic) bond motifs is 1. The molecule has 2 aromatic heterocycles. The van der Waals surface area contributed by atoms with Crippen LogP contribution in [0.1, 0.15) is 39.3 Å². The summed E-state index contributed by atoms with van der Waals surface area (Å²) in [4.78, 5) is 17.2. The summed E-state index contributed by atoms with van der Waals surface area (Å²) in [5.74, 6) is 0.102. The number of aromatic nitrogens is 3. The number of carboxylic acids is 1. The van der Waals surface area contributed by atoms with Gasteiger partial charge >= 0.3 is 5.97 Å². The lowest BCUT2D eigenvalue weighted by Gasteiger charge is -2.26. The van der Waals surface area contributed by atoms with Gasteiger partial charge in [0, 0.05) is 18.4 Å². The van der Waals surface area contributed by atoms with Crippen LogP contribution in [0.3, 0.4) is 0 Å². The van der Waals surface area contributed by atoms with E-state index in [-0.39, 0.29) is 12.6 Å². The standard InChI is InChI=1S/C14H20N4O2/c1-9(2)11-7-12-14(15-5-6-18(12)16-11)17(10(3)4)8-13(19)20/h5-7,9-10H,8H2,1-4H3,(H,19,20). The molecule has 0 aromatic carbocycles. The zero-order valence-electron chi connectivity index (χ0n) is 12.2. The third-order valence-corrected chi connectivity index (χ3v) is 3.18. The first kappa shape index (κ1) is 14.3. The molecule has 0 bridgehead atoms. The minimum absolute atomic E-state index is 0.0437. The molecule has 2 rings (SSSR count). The summed E-state index contributed by atoms with van der Waals surface area (Å²) in [6, 6.07) is 2.02. The van der Waals surface area contributed by atoms with E-state index in [0.717, 1.165) is 11.2 Å². The summed E-state index contributed by atoms with van der Waals surface area (Å²) in [7, 11) is 0. The normalized spacial score (nSPS) is 11.5. The highest BCUT2D eigenvalue weighted by molar-refractivity contribution is 5.78. The van der Waals surface area contributed by atoms with Crippen molar-refractivity contribution in [1.82, 2.24) is 14.6 Å². The van der Waals surface area contributed by atoms with Crippen LogP contribution in [0.4, 0.5) is 5.82 Å². The molecule has 0 aliphatic heterocycles. The van der Waals surface area contributed by atoms with E-state index >= 15 is 0 Å². The highest BCUT2D eigenvalue weighted by Crippen LogP contribution is 2.24. The summed E-state index contributed by atoms with van der Waals surface area (Å²) in [5.41, 5.74) is 1.81. The average molecular weight is 276 g/mol. The Labute approximate surface area is 118 Å². The molecule has 20 heavy (non-hydrogen) atoms. The van der Waals surface area contributed by atoms with Gasteiger partial charge < -0.3 is 10.0 Å². The zero-order valence-corrected chi connectivity index (χ0v) is 12.2. The van der Waals surface area contributed by atoms with Crippen LogP contribution < -0.4 is 4.90 Å². The summed E-state index contributed by atoms with van der Waals surface area (Å²) >= 11 is 0. The lowest BCUT2D eigenvalue weighted by molar-refractivity contribution is -0.135. The van der Waals surface area contributed by atoms with Crippen molar-refractivity contribution in [3.05, 3.63) is 24.2 Å². The van der Waals surface area contributed by atoms with E-state index < -0.39 is 5.97 Å². The van der Waals surface area contributed by atoms with Crippen molar-refractivity contribution in [3.8, 4) is 0 Å². The summed E-state index contributed by atoms with van der Waals surface area (Å²) in [6.07, 6.45) is 3.43. The first-order valence-corrected chi connectivity index (χ1v) is 6.73. The number of nitrogens with zero attached hydrogens (tertiary/aromatic N) is 4. The summed E-state index contributed by atoms with van der Waals surface area (Å²) in [6.45, 7) is 7.98. The minimum Gasteiger partial charge on any atom is -0.480 e. The van der Waals surface area contributed by atoms with Gasteiger partial charge in [0.25, 0.3) is 0 Å². The fraction of sp³-hybridized carbons (Fsp3) is 0.500. The van der Waals surface area contributed by atoms with Crippen molar-refractivity contribution in [2.45, 2.75) is 39.7 Å². The Morgan fingerprint density at radius 3 is 2.65 bits per heavy atom. The maximum Gasteiger partial charge on any atom is 0.323 e. The number of anilines is 1. The van der Waals surface area contributed by atoms with Crippen molar-refractivity contribution < 1.29 is 9.90 Å². The fourth-order valence-electron chi connectivity index (χ4n) is 2.08. The van der Waals surface area contributed by atoms with Gasteiger partial charge in [0.15, 0.2) is 5.82 Å². The lowest BCUT2D eigenvalue weighted by atomic mass is 10.1. The second-order valence-electron chi connectivity index (χ2n) is 5.42. The molecule has 2 aromatic rings. The minimum atomic E-state index is -0.869. The van der Waals surface area contributed by atoms with E-state index in [1.54, 1.807) is 21.8 Å². The first-order chi connectivity index (χ1) is 9.40. The largest absolute Gasteiger partial charge is 0.480 e. The van der Waals surface area contributed by atoms with Gasteiger partial charge in [-0.1, -0.05) is 13.8 Å². The molecule has 0 radical (unpaired) electrons. The molecular formula is C14H20N4O2. The van der Waals surface area contributed by atoms with E-state index in [9.17, 15) is 4.79 Å². The molecule has 0 amide bonds. The number of hydrogen-bond acceptors (Lipinski definition) is 4. The van der Waals surface area contributed by atoms with Gasteiger partial charge in [0.2, 0.25) is 0 Å². The van der Waals surface area contributed by atoms with Crippen molar-refractivity contribution in [3.63, 3.8) is 0 Å². The van der Waals surface area contributed by atoms with Gasteiger partial charge in [-0.05, 0) is 25.8 Å². The quantitative estimate of drug-likeness (QED) is 0.906. The van der Waals surface area contributed by atoms with E-state index in [4.69, 9.17) is 5.11 Å². The predicted molar refractivity (Wildman–Crippen MR) is 77.2 cm³/mol. The van der Waals surface area contributed by atoms with Crippen molar-refractivity contribution in [2.24, 2.45) is 0 Å². The SMILES string of the molecule is CC(C)c1cc2c(N(CC(=O)O)C(C)C)nccn2n1. The fourth-order valence-corrected chi connectivity index (χ4v) is 2.08. The highest BCUT2D eigenvalue weighted by atomic mass is 16.4. The van der Waals surface area contributed by atoms with Gasteiger partial charge in [-0.25, -0.2) is 9.50 Å². The monoisotopic (exact) mass is 276 g/mol. The van der Waals surface area contributed by atoms with E-state index in [1.165, 1.54) is 0 Å². The number of aliphatic carboxylic acids is 1. The highest BCUT2D eigenvalue weighted by Gasteiger charge is 2.19. The smallest absolute Gasteiger partial charge is 0.323 e. The van der Waals surface area contributed by atoms with Crippen LogP contribution in [0, 0.1) is 0 Å². The summed E-state index contributed by atoms with van der Waals surface area (Å²) < 4.78 is 1.76. The molecule has 108 valence electrons. The van der Waals surface area contributed by atoms with Crippen molar-refractivity contribution in [1.29, 1.82) is 0 Å². The van der Waals surface area contributed by atoms with Gasteiger partial charge in [-0.2, -0.15) is 5.10 Å². The Balaban J connectivity index is 2.53. The molecule has 0 saturated carbocycles. The first-order valence-electron chi connectivity index (χ1n) is 6.73. The number of carbonyl (C=O) groups is 1. The molecule has 0 aliphatic rings. The van der Waals surface area contributed by atoms with Crippen LogP contribution in [0.15, 0.2) is 18.5 Å². The van der Waals surface area contributed by atoms with Crippen LogP contribution in [0.25, 0.3) is 5.52 Å². The molecular weight excluding hydrogens is 256 g/mol. The molecule has 1 N–H and O–H groups in total. The molecule has 2 heterocycles. The second-order valence-corrected chi connectivity index (χ2v) is 5.42.